The molecule has 3 rings (SSSR count). The molecule has 0 unspecified atom stereocenters. The number of benzene rings is 1. The van der Waals surface area contributed by atoms with E-state index < -0.39 is 0 Å². The summed E-state index contributed by atoms with van der Waals surface area (Å²) in [7, 11) is 0. The van der Waals surface area contributed by atoms with E-state index in [1.165, 1.54) is 4.57 Å². The molecule has 0 saturated heterocycles. The number of rotatable bonds is 1. The lowest BCUT2D eigenvalue weighted by Crippen LogP contribution is -1.93. The summed E-state index contributed by atoms with van der Waals surface area (Å²) in [4.78, 5) is 0. The highest BCUT2D eigenvalue weighted by atomic mass is 79.9. The lowest BCUT2D eigenvalue weighted by molar-refractivity contribution is 0.399. The largest absolute Gasteiger partial charge is 0.494 e. The third kappa shape index (κ3) is 1.65. The molecule has 3 nitrogen and oxygen atoms in total. The van der Waals surface area contributed by atoms with Gasteiger partial charge in [0.15, 0.2) is 0 Å². The van der Waals surface area contributed by atoms with Gasteiger partial charge in [-0.25, -0.2) is 0 Å². The van der Waals surface area contributed by atoms with Crippen LogP contribution in [0.15, 0.2) is 28.7 Å². The Morgan fingerprint density at radius 3 is 2.35 bits per heavy atom. The van der Waals surface area contributed by atoms with Crippen molar-refractivity contribution in [2.24, 2.45) is 0 Å². The summed E-state index contributed by atoms with van der Waals surface area (Å²) in [5.74, 6) is 1.83. The van der Waals surface area contributed by atoms with E-state index >= 15 is 0 Å². The van der Waals surface area contributed by atoms with Crippen molar-refractivity contribution in [1.82, 2.24) is 4.57 Å². The van der Waals surface area contributed by atoms with E-state index in [0.29, 0.717) is 0 Å². The van der Waals surface area contributed by atoms with Gasteiger partial charge < -0.3 is 10.2 Å². The molecule has 0 amide bonds. The number of nitrogens with zero attached hydrogens (tertiary/aromatic N) is 1. The summed E-state index contributed by atoms with van der Waals surface area (Å²) in [6, 6.07) is 7.50. The first-order valence-corrected chi connectivity index (χ1v) is 7.11. The van der Waals surface area contributed by atoms with Gasteiger partial charge in [-0.05, 0) is 18.2 Å². The van der Waals surface area contributed by atoms with Gasteiger partial charge in [-0.1, -0.05) is 22.0 Å². The van der Waals surface area contributed by atoms with Gasteiger partial charge in [0.1, 0.15) is 0 Å². The molecule has 0 fully saturated rings. The number of halogens is 1. The molecule has 17 heavy (non-hydrogen) atoms. The Labute approximate surface area is 111 Å². The van der Waals surface area contributed by atoms with Crippen LogP contribution < -0.4 is 0 Å². The molecule has 5 heteroatoms. The molecule has 0 atom stereocenters. The molecule has 1 aliphatic heterocycles. The first-order valence-electron chi connectivity index (χ1n) is 5.16. The fraction of sp³-hybridized carbons (Fsp3) is 0.167. The third-order valence-electron chi connectivity index (χ3n) is 2.89. The van der Waals surface area contributed by atoms with E-state index in [4.69, 9.17) is 0 Å². The van der Waals surface area contributed by atoms with Crippen LogP contribution in [0.25, 0.3) is 5.69 Å². The minimum Gasteiger partial charge on any atom is -0.494 e. The summed E-state index contributed by atoms with van der Waals surface area (Å²) >= 11 is 5.09. The van der Waals surface area contributed by atoms with Crippen LogP contribution in [0.5, 0.6) is 11.8 Å². The van der Waals surface area contributed by atoms with Crippen LogP contribution in [0.2, 0.25) is 0 Å². The maximum Gasteiger partial charge on any atom is 0.203 e. The SMILES string of the molecule is Oc1c2c(c(O)n1-c1cccc(Br)c1)CSC2. The molecule has 0 radical (unpaired) electrons. The lowest BCUT2D eigenvalue weighted by Gasteiger charge is -2.08. The van der Waals surface area contributed by atoms with Crippen LogP contribution in [0.4, 0.5) is 0 Å². The number of hydrogen-bond donors (Lipinski definition) is 2. The summed E-state index contributed by atoms with van der Waals surface area (Å²) in [5, 5.41) is 20.3. The Hall–Kier alpha value is -1.07. The fourth-order valence-electron chi connectivity index (χ4n) is 2.06. The molecule has 1 aromatic carbocycles. The summed E-state index contributed by atoms with van der Waals surface area (Å²) in [5.41, 5.74) is 2.47. The van der Waals surface area contributed by atoms with Crippen molar-refractivity contribution < 1.29 is 10.2 Å². The Kier molecular flexibility index (Phi) is 2.60. The molecular formula is C12H10BrNO2S. The first-order chi connectivity index (χ1) is 8.18. The minimum atomic E-state index is 0.153. The van der Waals surface area contributed by atoms with Crippen molar-refractivity contribution in [3.8, 4) is 17.4 Å². The summed E-state index contributed by atoms with van der Waals surface area (Å²) in [6.45, 7) is 0. The highest BCUT2D eigenvalue weighted by molar-refractivity contribution is 9.10. The monoisotopic (exact) mass is 311 g/mol. The summed E-state index contributed by atoms with van der Waals surface area (Å²) < 4.78 is 2.41. The van der Waals surface area contributed by atoms with E-state index in [0.717, 1.165) is 32.8 Å². The second kappa shape index (κ2) is 3.99. The first kappa shape index (κ1) is 11.0. The van der Waals surface area contributed by atoms with E-state index in [1.807, 2.05) is 24.3 Å². The van der Waals surface area contributed by atoms with Crippen molar-refractivity contribution in [3.05, 3.63) is 39.9 Å². The molecule has 2 aromatic rings. The van der Waals surface area contributed by atoms with E-state index in [1.54, 1.807) is 11.8 Å². The molecule has 2 N–H and O–H groups in total. The molecular weight excluding hydrogens is 302 g/mol. The smallest absolute Gasteiger partial charge is 0.203 e. The van der Waals surface area contributed by atoms with E-state index in [-0.39, 0.29) is 11.8 Å². The van der Waals surface area contributed by atoms with Crippen molar-refractivity contribution >= 4 is 27.7 Å². The molecule has 0 bridgehead atoms. The molecule has 1 aromatic heterocycles. The Bertz CT molecular complexity index is 567. The van der Waals surface area contributed by atoms with Crippen LogP contribution in [0, 0.1) is 0 Å². The number of aromatic nitrogens is 1. The number of thioether (sulfide) groups is 1. The van der Waals surface area contributed by atoms with Crippen LogP contribution in [-0.4, -0.2) is 14.8 Å². The highest BCUT2D eigenvalue weighted by Crippen LogP contribution is 2.45. The predicted molar refractivity (Wildman–Crippen MR) is 71.8 cm³/mol. The van der Waals surface area contributed by atoms with Gasteiger partial charge in [-0.3, -0.25) is 4.57 Å². The number of hydrogen-bond acceptors (Lipinski definition) is 3. The maximum atomic E-state index is 10.1. The van der Waals surface area contributed by atoms with Gasteiger partial charge in [-0.15, -0.1) is 0 Å². The van der Waals surface area contributed by atoms with Crippen molar-refractivity contribution in [2.75, 3.05) is 0 Å². The minimum absolute atomic E-state index is 0.153. The lowest BCUT2D eigenvalue weighted by atomic mass is 10.2. The Morgan fingerprint density at radius 1 is 1.12 bits per heavy atom. The molecule has 0 saturated carbocycles. The van der Waals surface area contributed by atoms with E-state index in [9.17, 15) is 10.2 Å². The van der Waals surface area contributed by atoms with Crippen LogP contribution in [0.1, 0.15) is 11.1 Å². The van der Waals surface area contributed by atoms with Gasteiger partial charge in [0.05, 0.1) is 5.69 Å². The van der Waals surface area contributed by atoms with Gasteiger partial charge in [0.2, 0.25) is 11.8 Å². The molecule has 0 spiro atoms. The van der Waals surface area contributed by atoms with Crippen molar-refractivity contribution in [1.29, 1.82) is 0 Å². The van der Waals surface area contributed by atoms with Crippen LogP contribution in [0.3, 0.4) is 0 Å². The zero-order valence-corrected chi connectivity index (χ0v) is 11.3. The van der Waals surface area contributed by atoms with Gasteiger partial charge in [0, 0.05) is 27.1 Å². The average molecular weight is 312 g/mol. The molecule has 2 heterocycles. The normalized spacial score (nSPS) is 13.9. The zero-order chi connectivity index (χ0) is 12.0. The van der Waals surface area contributed by atoms with Gasteiger partial charge in [-0.2, -0.15) is 11.8 Å². The fourth-order valence-corrected chi connectivity index (χ4v) is 3.56. The third-order valence-corrected chi connectivity index (χ3v) is 4.37. The van der Waals surface area contributed by atoms with Crippen molar-refractivity contribution in [2.45, 2.75) is 11.5 Å². The predicted octanol–water partition coefficient (Wildman–Crippen LogP) is 3.40. The average Bonchev–Trinajstić information content (AvgIpc) is 2.84. The maximum absolute atomic E-state index is 10.1. The molecule has 88 valence electrons. The summed E-state index contributed by atoms with van der Waals surface area (Å²) in [6.07, 6.45) is 0. The van der Waals surface area contributed by atoms with Crippen LogP contribution >= 0.6 is 27.7 Å². The molecule has 1 aliphatic rings. The quantitative estimate of drug-likeness (QED) is 0.848. The Balaban J connectivity index is 2.22. The van der Waals surface area contributed by atoms with Crippen molar-refractivity contribution in [3.63, 3.8) is 0 Å². The van der Waals surface area contributed by atoms with Gasteiger partial charge in [0.25, 0.3) is 0 Å². The highest BCUT2D eigenvalue weighted by Gasteiger charge is 2.26. The van der Waals surface area contributed by atoms with E-state index in [2.05, 4.69) is 15.9 Å². The second-order valence-corrected chi connectivity index (χ2v) is 5.81. The van der Waals surface area contributed by atoms with Gasteiger partial charge >= 0.3 is 0 Å². The number of aromatic hydroxyl groups is 2. The van der Waals surface area contributed by atoms with Crippen LogP contribution in [-0.2, 0) is 11.5 Å². The standard InChI is InChI=1S/C12H10BrNO2S/c13-7-2-1-3-8(4-7)14-11(15)9-5-17-6-10(9)12(14)16/h1-4,15-16H,5-6H2. The topological polar surface area (TPSA) is 45.4 Å². The second-order valence-electron chi connectivity index (χ2n) is 3.91. The Morgan fingerprint density at radius 2 is 1.76 bits per heavy atom. The molecule has 0 aliphatic carbocycles. The number of fused-ring (bicyclic) bond motifs is 1. The zero-order valence-electron chi connectivity index (χ0n) is 8.85.